The van der Waals surface area contributed by atoms with Crippen LogP contribution in [-0.2, 0) is 26.2 Å². The highest BCUT2D eigenvalue weighted by atomic mass is 35.5. The third-order valence-corrected chi connectivity index (χ3v) is 8.50. The third-order valence-electron chi connectivity index (χ3n) is 6.24. The molecule has 226 valence electrons. The minimum absolute atomic E-state index is 0.0169. The van der Waals surface area contributed by atoms with Crippen molar-refractivity contribution >= 4 is 50.7 Å². The molecule has 0 aliphatic carbocycles. The molecule has 3 rings (SSSR count). The molecule has 3 aromatic rings. The highest BCUT2D eigenvalue weighted by Crippen LogP contribution is 2.32. The molecule has 0 saturated heterocycles. The Hall–Kier alpha value is -3.47. The van der Waals surface area contributed by atoms with Gasteiger partial charge in [0.2, 0.25) is 11.8 Å². The van der Waals surface area contributed by atoms with Crippen LogP contribution in [-0.4, -0.2) is 57.5 Å². The summed E-state index contributed by atoms with van der Waals surface area (Å²) in [5, 5.41) is 3.75. The van der Waals surface area contributed by atoms with Crippen LogP contribution in [0.25, 0.3) is 0 Å². The van der Waals surface area contributed by atoms with Crippen molar-refractivity contribution in [2.45, 2.75) is 50.7 Å². The van der Waals surface area contributed by atoms with Crippen molar-refractivity contribution in [3.05, 3.63) is 82.3 Å². The normalized spacial score (nSPS) is 12.3. The van der Waals surface area contributed by atoms with Gasteiger partial charge in [-0.2, -0.15) is 0 Å². The number of methoxy groups -OCH3 is 2. The first kappa shape index (κ1) is 33.0. The topological polar surface area (TPSA) is 105 Å². The molecule has 2 amide bonds. The molecule has 1 atom stereocenters. The smallest absolute Gasteiger partial charge is 0.264 e. The van der Waals surface area contributed by atoms with E-state index in [1.807, 2.05) is 20.8 Å². The summed E-state index contributed by atoms with van der Waals surface area (Å²) in [6.07, 6.45) is 0. The molecule has 3 aromatic carbocycles. The maximum Gasteiger partial charge on any atom is 0.264 e. The summed E-state index contributed by atoms with van der Waals surface area (Å²) in [6, 6.07) is 16.2. The standard InChI is InChI=1S/C30H35Cl2N3O6S/c1-20(29(37)33-30(2,3)4)34(18-21-8-7-9-23(32)16-21)28(36)19-35(24-12-10-22(31)11-13-24)42(38,39)25-14-15-26(40-5)27(17-25)41-6/h7-17,20H,18-19H2,1-6H3,(H,33,37)/t20-/m1/s1. The van der Waals surface area contributed by atoms with E-state index in [1.165, 1.54) is 61.6 Å². The quantitative estimate of drug-likeness (QED) is 0.297. The number of amides is 2. The number of carbonyl (C=O) groups is 2. The lowest BCUT2D eigenvalue weighted by Gasteiger charge is -2.33. The fourth-order valence-electron chi connectivity index (χ4n) is 4.13. The minimum Gasteiger partial charge on any atom is -0.493 e. The van der Waals surface area contributed by atoms with Crippen molar-refractivity contribution < 1.29 is 27.5 Å². The molecule has 0 spiro atoms. The number of carbonyl (C=O) groups excluding carboxylic acids is 2. The van der Waals surface area contributed by atoms with E-state index < -0.39 is 40.0 Å². The molecule has 0 saturated carbocycles. The van der Waals surface area contributed by atoms with Crippen LogP contribution in [0, 0.1) is 0 Å². The average Bonchev–Trinajstić information content (AvgIpc) is 2.93. The van der Waals surface area contributed by atoms with Crippen LogP contribution < -0.4 is 19.1 Å². The van der Waals surface area contributed by atoms with Crippen molar-refractivity contribution in [2.75, 3.05) is 25.1 Å². The van der Waals surface area contributed by atoms with Gasteiger partial charge in [-0.1, -0.05) is 35.3 Å². The predicted octanol–water partition coefficient (Wildman–Crippen LogP) is 5.54. The third kappa shape index (κ3) is 8.30. The van der Waals surface area contributed by atoms with Crippen molar-refractivity contribution in [3.63, 3.8) is 0 Å². The van der Waals surface area contributed by atoms with Crippen LogP contribution in [0.1, 0.15) is 33.3 Å². The first-order chi connectivity index (χ1) is 19.7. The Morgan fingerprint density at radius 2 is 1.55 bits per heavy atom. The molecule has 0 fully saturated rings. The first-order valence-electron chi connectivity index (χ1n) is 13.0. The Morgan fingerprint density at radius 3 is 2.12 bits per heavy atom. The number of hydrogen-bond donors (Lipinski definition) is 1. The lowest BCUT2D eigenvalue weighted by Crippen LogP contribution is -2.54. The van der Waals surface area contributed by atoms with E-state index in [0.717, 1.165) is 4.31 Å². The van der Waals surface area contributed by atoms with Gasteiger partial charge in [-0.15, -0.1) is 0 Å². The molecular weight excluding hydrogens is 601 g/mol. The summed E-state index contributed by atoms with van der Waals surface area (Å²) in [4.78, 5) is 28.4. The van der Waals surface area contributed by atoms with Crippen molar-refractivity contribution in [2.24, 2.45) is 0 Å². The summed E-state index contributed by atoms with van der Waals surface area (Å²) in [5.41, 5.74) is 0.325. The number of rotatable bonds is 11. The van der Waals surface area contributed by atoms with Gasteiger partial charge in [0, 0.05) is 28.2 Å². The van der Waals surface area contributed by atoms with Gasteiger partial charge in [0.15, 0.2) is 11.5 Å². The molecule has 0 unspecified atom stereocenters. The van der Waals surface area contributed by atoms with Gasteiger partial charge in [-0.05, 0) is 81.8 Å². The van der Waals surface area contributed by atoms with Crippen molar-refractivity contribution in [1.82, 2.24) is 10.2 Å². The predicted molar refractivity (Wildman–Crippen MR) is 165 cm³/mol. The van der Waals surface area contributed by atoms with Crippen molar-refractivity contribution in [1.29, 1.82) is 0 Å². The molecule has 0 heterocycles. The molecule has 12 heteroatoms. The van der Waals surface area contributed by atoms with Crippen molar-refractivity contribution in [3.8, 4) is 11.5 Å². The van der Waals surface area contributed by atoms with E-state index >= 15 is 0 Å². The SMILES string of the molecule is COc1ccc(S(=O)(=O)N(CC(=O)N(Cc2cccc(Cl)c2)[C@H](C)C(=O)NC(C)(C)C)c2ccc(Cl)cc2)cc1OC. The Morgan fingerprint density at radius 1 is 0.905 bits per heavy atom. The zero-order chi connectivity index (χ0) is 31.2. The zero-order valence-electron chi connectivity index (χ0n) is 24.4. The van der Waals surface area contributed by atoms with Crippen LogP contribution in [0.5, 0.6) is 11.5 Å². The number of sulfonamides is 1. The number of halogens is 2. The molecule has 1 N–H and O–H groups in total. The second-order valence-corrected chi connectivity index (χ2v) is 13.3. The van der Waals surface area contributed by atoms with E-state index in [2.05, 4.69) is 5.32 Å². The Balaban J connectivity index is 2.08. The van der Waals surface area contributed by atoms with E-state index in [-0.39, 0.29) is 22.9 Å². The van der Waals surface area contributed by atoms with Gasteiger partial charge < -0.3 is 19.7 Å². The highest BCUT2D eigenvalue weighted by molar-refractivity contribution is 7.92. The number of ether oxygens (including phenoxy) is 2. The van der Waals surface area contributed by atoms with E-state index in [4.69, 9.17) is 32.7 Å². The maximum atomic E-state index is 14.1. The number of benzene rings is 3. The van der Waals surface area contributed by atoms with Crippen LogP contribution in [0.15, 0.2) is 71.6 Å². The largest absolute Gasteiger partial charge is 0.493 e. The second kappa shape index (κ2) is 13.7. The Labute approximate surface area is 257 Å². The number of nitrogens with one attached hydrogen (secondary N) is 1. The summed E-state index contributed by atoms with van der Waals surface area (Å²) >= 11 is 12.3. The summed E-state index contributed by atoms with van der Waals surface area (Å²) in [7, 11) is -1.49. The average molecular weight is 637 g/mol. The summed E-state index contributed by atoms with van der Waals surface area (Å²) < 4.78 is 39.7. The molecule has 0 aliphatic rings. The summed E-state index contributed by atoms with van der Waals surface area (Å²) in [6.45, 7) is 6.50. The van der Waals surface area contributed by atoms with E-state index in [9.17, 15) is 18.0 Å². The monoisotopic (exact) mass is 635 g/mol. The van der Waals surface area contributed by atoms with E-state index in [0.29, 0.717) is 21.4 Å². The molecule has 9 nitrogen and oxygen atoms in total. The molecule has 0 bridgehead atoms. The fourth-order valence-corrected chi connectivity index (χ4v) is 5.90. The lowest BCUT2D eigenvalue weighted by molar-refractivity contribution is -0.140. The number of anilines is 1. The number of hydrogen-bond acceptors (Lipinski definition) is 6. The van der Waals surface area contributed by atoms with Crippen LogP contribution >= 0.6 is 23.2 Å². The molecule has 0 aliphatic heterocycles. The van der Waals surface area contributed by atoms with Gasteiger partial charge in [0.1, 0.15) is 12.6 Å². The van der Waals surface area contributed by atoms with Crippen LogP contribution in [0.3, 0.4) is 0 Å². The van der Waals surface area contributed by atoms with Gasteiger partial charge >= 0.3 is 0 Å². The molecule has 0 radical (unpaired) electrons. The zero-order valence-corrected chi connectivity index (χ0v) is 26.7. The minimum atomic E-state index is -4.32. The second-order valence-electron chi connectivity index (χ2n) is 10.6. The first-order valence-corrected chi connectivity index (χ1v) is 15.2. The fraction of sp³-hybridized carbons (Fsp3) is 0.333. The van der Waals surface area contributed by atoms with Crippen LogP contribution in [0.2, 0.25) is 10.0 Å². The van der Waals surface area contributed by atoms with Gasteiger partial charge in [-0.25, -0.2) is 8.42 Å². The van der Waals surface area contributed by atoms with E-state index in [1.54, 1.807) is 31.2 Å². The van der Waals surface area contributed by atoms with Crippen LogP contribution in [0.4, 0.5) is 5.69 Å². The highest BCUT2D eigenvalue weighted by Gasteiger charge is 2.34. The number of nitrogens with zero attached hydrogens (tertiary/aromatic N) is 2. The lowest BCUT2D eigenvalue weighted by atomic mass is 10.1. The van der Waals surface area contributed by atoms with Gasteiger partial charge in [0.05, 0.1) is 24.8 Å². The van der Waals surface area contributed by atoms with Gasteiger partial charge in [0.25, 0.3) is 10.0 Å². The molecule has 0 aromatic heterocycles. The maximum absolute atomic E-state index is 14.1. The van der Waals surface area contributed by atoms with Gasteiger partial charge in [-0.3, -0.25) is 13.9 Å². The Bertz CT molecular complexity index is 1520. The molecular formula is C30H35Cl2N3O6S. The Kier molecular flexibility index (Phi) is 10.8. The molecule has 42 heavy (non-hydrogen) atoms. The summed E-state index contributed by atoms with van der Waals surface area (Å²) in [5.74, 6) is -0.447.